The Balaban J connectivity index is 1.98. The number of methoxy groups -OCH3 is 1. The monoisotopic (exact) mass is 364 g/mol. The fraction of sp³-hybridized carbons (Fsp3) is 0.250. The molecule has 1 amide bonds. The molecule has 0 unspecified atom stereocenters. The molecule has 1 atom stereocenters. The lowest BCUT2D eigenvalue weighted by Crippen LogP contribution is -2.30. The van der Waals surface area contributed by atoms with Gasteiger partial charge in [0.1, 0.15) is 5.75 Å². The van der Waals surface area contributed by atoms with E-state index >= 15 is 0 Å². The summed E-state index contributed by atoms with van der Waals surface area (Å²) in [6, 6.07) is 7.42. The van der Waals surface area contributed by atoms with E-state index in [0.717, 1.165) is 4.88 Å². The third-order valence-electron chi connectivity index (χ3n) is 3.23. The van der Waals surface area contributed by atoms with Gasteiger partial charge >= 0.3 is 5.97 Å². The van der Waals surface area contributed by atoms with Gasteiger partial charge in [0, 0.05) is 10.9 Å². The van der Waals surface area contributed by atoms with E-state index in [2.05, 4.69) is 5.32 Å². The van der Waals surface area contributed by atoms with Crippen molar-refractivity contribution in [3.63, 3.8) is 0 Å². The highest BCUT2D eigenvalue weighted by molar-refractivity contribution is 7.10. The lowest BCUT2D eigenvalue weighted by molar-refractivity contribution is -0.384. The van der Waals surface area contributed by atoms with Gasteiger partial charge < -0.3 is 14.8 Å². The van der Waals surface area contributed by atoms with Crippen LogP contribution < -0.4 is 10.1 Å². The molecule has 1 heterocycles. The van der Waals surface area contributed by atoms with E-state index in [1.807, 2.05) is 11.4 Å². The van der Waals surface area contributed by atoms with Gasteiger partial charge in [-0.1, -0.05) is 6.07 Å². The lowest BCUT2D eigenvalue weighted by Gasteiger charge is -2.15. The van der Waals surface area contributed by atoms with Crippen LogP contribution in [-0.2, 0) is 20.7 Å². The van der Waals surface area contributed by atoms with E-state index in [-0.39, 0.29) is 23.5 Å². The Morgan fingerprint density at radius 3 is 2.72 bits per heavy atom. The third kappa shape index (κ3) is 5.01. The van der Waals surface area contributed by atoms with E-state index in [1.165, 1.54) is 43.6 Å². The first-order valence-electron chi connectivity index (χ1n) is 7.26. The Labute approximate surface area is 147 Å². The van der Waals surface area contributed by atoms with Crippen molar-refractivity contribution in [2.75, 3.05) is 12.4 Å². The Bertz CT molecular complexity index is 775. The van der Waals surface area contributed by atoms with Crippen LogP contribution in [0.1, 0.15) is 11.8 Å². The SMILES string of the molecule is COc1cc([N+](=O)[O-])ccc1NC(=O)[C@@H](C)OC(=O)Cc1cccs1. The molecule has 0 saturated heterocycles. The summed E-state index contributed by atoms with van der Waals surface area (Å²) in [4.78, 5) is 35.0. The van der Waals surface area contributed by atoms with Gasteiger partial charge in [0.15, 0.2) is 6.10 Å². The summed E-state index contributed by atoms with van der Waals surface area (Å²) >= 11 is 1.42. The van der Waals surface area contributed by atoms with Gasteiger partial charge in [-0.25, -0.2) is 0 Å². The van der Waals surface area contributed by atoms with Crippen LogP contribution in [0.3, 0.4) is 0 Å². The number of carbonyl (C=O) groups is 2. The number of hydrogen-bond acceptors (Lipinski definition) is 7. The summed E-state index contributed by atoms with van der Waals surface area (Å²) in [5.74, 6) is -0.938. The molecule has 1 N–H and O–H groups in total. The average molecular weight is 364 g/mol. The first kappa shape index (κ1) is 18.4. The zero-order valence-corrected chi connectivity index (χ0v) is 14.4. The normalized spacial score (nSPS) is 11.4. The maximum absolute atomic E-state index is 12.2. The number of amides is 1. The quantitative estimate of drug-likeness (QED) is 0.460. The van der Waals surface area contributed by atoms with Crippen molar-refractivity contribution < 1.29 is 24.0 Å². The highest BCUT2D eigenvalue weighted by Gasteiger charge is 2.20. The minimum absolute atomic E-state index is 0.0934. The predicted octanol–water partition coefficient (Wildman–Crippen LogP) is 2.78. The number of thiophene rings is 1. The number of benzene rings is 1. The number of esters is 1. The molecule has 0 saturated carbocycles. The van der Waals surface area contributed by atoms with Crippen molar-refractivity contribution in [1.29, 1.82) is 0 Å². The molecule has 2 rings (SSSR count). The number of nitrogens with zero attached hydrogens (tertiary/aromatic N) is 1. The summed E-state index contributed by atoms with van der Waals surface area (Å²) < 4.78 is 10.1. The number of nitro benzene ring substituents is 1. The summed E-state index contributed by atoms with van der Waals surface area (Å²) in [5.41, 5.74) is 0.0875. The predicted molar refractivity (Wildman–Crippen MR) is 91.9 cm³/mol. The van der Waals surface area contributed by atoms with Crippen LogP contribution in [-0.4, -0.2) is 30.0 Å². The molecule has 0 fully saturated rings. The van der Waals surface area contributed by atoms with Crippen molar-refractivity contribution in [3.05, 3.63) is 50.7 Å². The summed E-state index contributed by atoms with van der Waals surface area (Å²) in [6.07, 6.45) is -0.928. The van der Waals surface area contributed by atoms with Gasteiger partial charge in [0.05, 0.1) is 30.2 Å². The number of hydrogen-bond donors (Lipinski definition) is 1. The van der Waals surface area contributed by atoms with E-state index < -0.39 is 22.9 Å². The molecule has 2 aromatic rings. The van der Waals surface area contributed by atoms with Crippen LogP contribution >= 0.6 is 11.3 Å². The maximum Gasteiger partial charge on any atom is 0.311 e. The van der Waals surface area contributed by atoms with Crippen molar-refractivity contribution in [3.8, 4) is 5.75 Å². The van der Waals surface area contributed by atoms with Crippen LogP contribution in [0.2, 0.25) is 0 Å². The molecule has 0 radical (unpaired) electrons. The molecule has 0 aliphatic heterocycles. The fourth-order valence-electron chi connectivity index (χ4n) is 1.98. The van der Waals surface area contributed by atoms with Crippen molar-refractivity contribution in [2.45, 2.75) is 19.4 Å². The van der Waals surface area contributed by atoms with Crippen LogP contribution in [0.15, 0.2) is 35.7 Å². The first-order valence-corrected chi connectivity index (χ1v) is 8.14. The number of nitrogens with one attached hydrogen (secondary N) is 1. The summed E-state index contributed by atoms with van der Waals surface area (Å²) in [7, 11) is 1.33. The highest BCUT2D eigenvalue weighted by Crippen LogP contribution is 2.29. The number of ether oxygens (including phenoxy) is 2. The van der Waals surface area contributed by atoms with Gasteiger partial charge in [-0.3, -0.25) is 19.7 Å². The van der Waals surface area contributed by atoms with E-state index in [0.29, 0.717) is 0 Å². The van der Waals surface area contributed by atoms with Crippen molar-refractivity contribution in [1.82, 2.24) is 0 Å². The molecule has 0 spiro atoms. The van der Waals surface area contributed by atoms with Gasteiger partial charge in [-0.2, -0.15) is 0 Å². The van der Waals surface area contributed by atoms with Gasteiger partial charge in [-0.05, 0) is 24.4 Å². The van der Waals surface area contributed by atoms with Gasteiger partial charge in [0.25, 0.3) is 11.6 Å². The van der Waals surface area contributed by atoms with Crippen LogP contribution in [0, 0.1) is 10.1 Å². The number of anilines is 1. The number of rotatable bonds is 7. The van der Waals surface area contributed by atoms with Crippen LogP contribution in [0.4, 0.5) is 11.4 Å². The zero-order valence-electron chi connectivity index (χ0n) is 13.6. The molecule has 25 heavy (non-hydrogen) atoms. The summed E-state index contributed by atoms with van der Waals surface area (Å²) in [6.45, 7) is 1.44. The molecule has 0 aliphatic carbocycles. The first-order chi connectivity index (χ1) is 11.9. The fourth-order valence-corrected chi connectivity index (χ4v) is 2.67. The molecule has 132 valence electrons. The Kier molecular flexibility index (Phi) is 6.07. The van der Waals surface area contributed by atoms with Crippen molar-refractivity contribution >= 4 is 34.6 Å². The topological polar surface area (TPSA) is 108 Å². The van der Waals surface area contributed by atoms with Gasteiger partial charge in [0.2, 0.25) is 0 Å². The Morgan fingerprint density at radius 1 is 1.36 bits per heavy atom. The van der Waals surface area contributed by atoms with E-state index in [4.69, 9.17) is 9.47 Å². The Hall–Kier alpha value is -2.94. The number of non-ortho nitro benzene ring substituents is 1. The van der Waals surface area contributed by atoms with Gasteiger partial charge in [-0.15, -0.1) is 11.3 Å². The lowest BCUT2D eigenvalue weighted by atomic mass is 10.2. The minimum atomic E-state index is -1.02. The van der Waals surface area contributed by atoms with Crippen LogP contribution in [0.5, 0.6) is 5.75 Å². The number of nitro groups is 1. The largest absolute Gasteiger partial charge is 0.494 e. The third-order valence-corrected chi connectivity index (χ3v) is 4.11. The second-order valence-corrected chi connectivity index (χ2v) is 6.05. The van der Waals surface area contributed by atoms with E-state index in [9.17, 15) is 19.7 Å². The molecular weight excluding hydrogens is 348 g/mol. The minimum Gasteiger partial charge on any atom is -0.494 e. The standard InChI is InChI=1S/C16H16N2O6S/c1-10(24-15(19)9-12-4-3-7-25-12)16(20)17-13-6-5-11(18(21)22)8-14(13)23-2/h3-8,10H,9H2,1-2H3,(H,17,20)/t10-/m1/s1. The molecular formula is C16H16N2O6S. The molecule has 1 aromatic heterocycles. The summed E-state index contributed by atoms with van der Waals surface area (Å²) in [5, 5.41) is 15.1. The number of carbonyl (C=O) groups excluding carboxylic acids is 2. The zero-order chi connectivity index (χ0) is 18.4. The molecule has 8 nitrogen and oxygen atoms in total. The van der Waals surface area contributed by atoms with E-state index in [1.54, 1.807) is 6.07 Å². The Morgan fingerprint density at radius 2 is 2.12 bits per heavy atom. The second kappa shape index (κ2) is 8.25. The molecule has 0 bridgehead atoms. The highest BCUT2D eigenvalue weighted by atomic mass is 32.1. The second-order valence-electron chi connectivity index (χ2n) is 5.02. The molecule has 9 heteroatoms. The smallest absolute Gasteiger partial charge is 0.311 e. The maximum atomic E-state index is 12.2. The van der Waals surface area contributed by atoms with Crippen LogP contribution in [0.25, 0.3) is 0 Å². The average Bonchev–Trinajstić information content (AvgIpc) is 3.07. The molecule has 1 aromatic carbocycles. The molecule has 0 aliphatic rings. The van der Waals surface area contributed by atoms with Crippen molar-refractivity contribution in [2.24, 2.45) is 0 Å².